The van der Waals surface area contributed by atoms with E-state index in [9.17, 15) is 8.78 Å². The molecule has 0 unspecified atom stereocenters. The van der Waals surface area contributed by atoms with Crippen molar-refractivity contribution in [1.82, 2.24) is 0 Å². The minimum Gasteiger partial charge on any atom is -0.497 e. The summed E-state index contributed by atoms with van der Waals surface area (Å²) in [7, 11) is 1.56. The topological polar surface area (TPSA) is 18.5 Å². The Morgan fingerprint density at radius 2 is 1.67 bits per heavy atom. The molecule has 0 aliphatic heterocycles. The highest BCUT2D eigenvalue weighted by Gasteiger charge is 1.99. The lowest BCUT2D eigenvalue weighted by Crippen LogP contribution is -1.94. The molecule has 2 aromatic rings. The van der Waals surface area contributed by atoms with Gasteiger partial charge in [-0.2, -0.15) is 0 Å². The molecule has 0 aromatic heterocycles. The number of halogens is 2. The van der Waals surface area contributed by atoms with Crippen molar-refractivity contribution >= 4 is 0 Å². The monoisotopic (exact) mass is 294 g/mol. The summed E-state index contributed by atoms with van der Waals surface area (Å²) in [6.07, 6.45) is 0. The molecule has 0 spiro atoms. The molecule has 0 aliphatic carbocycles. The number of benzene rings is 2. The summed E-state index contributed by atoms with van der Waals surface area (Å²) in [6.45, 7) is 6.05. The molecular formula is C17H20F2O2. The highest BCUT2D eigenvalue weighted by molar-refractivity contribution is 5.32. The maximum Gasteiger partial charge on any atom is 0.126 e. The third-order valence-electron chi connectivity index (χ3n) is 2.82. The molecular weight excluding hydrogens is 274 g/mol. The Morgan fingerprint density at radius 1 is 0.952 bits per heavy atom. The first-order chi connectivity index (χ1) is 9.97. The SMILES string of the molecule is CCOc1cc(F)ccc1C.COc1ccc(F)c(C)c1. The lowest BCUT2D eigenvalue weighted by Gasteiger charge is -2.05. The number of rotatable bonds is 3. The summed E-state index contributed by atoms with van der Waals surface area (Å²) < 4.78 is 35.2. The molecule has 0 saturated heterocycles. The van der Waals surface area contributed by atoms with Gasteiger partial charge in [0, 0.05) is 6.07 Å². The van der Waals surface area contributed by atoms with Gasteiger partial charge < -0.3 is 9.47 Å². The molecule has 0 aliphatic rings. The summed E-state index contributed by atoms with van der Waals surface area (Å²) in [5, 5.41) is 0. The van der Waals surface area contributed by atoms with Gasteiger partial charge in [-0.1, -0.05) is 6.07 Å². The van der Waals surface area contributed by atoms with Gasteiger partial charge in [-0.05, 0) is 56.2 Å². The summed E-state index contributed by atoms with van der Waals surface area (Å²) in [6, 6.07) is 9.20. The Kier molecular flexibility index (Phi) is 6.66. The number of aryl methyl sites for hydroxylation is 2. The van der Waals surface area contributed by atoms with E-state index in [0.29, 0.717) is 23.7 Å². The van der Waals surface area contributed by atoms with Gasteiger partial charge in [0.15, 0.2) is 0 Å². The molecule has 114 valence electrons. The van der Waals surface area contributed by atoms with E-state index < -0.39 is 0 Å². The van der Waals surface area contributed by atoms with Gasteiger partial charge in [-0.3, -0.25) is 0 Å². The maximum atomic E-state index is 12.6. The molecule has 0 atom stereocenters. The Morgan fingerprint density at radius 3 is 2.24 bits per heavy atom. The van der Waals surface area contributed by atoms with Crippen molar-refractivity contribution in [1.29, 1.82) is 0 Å². The van der Waals surface area contributed by atoms with Crippen LogP contribution in [-0.4, -0.2) is 13.7 Å². The van der Waals surface area contributed by atoms with Crippen molar-refractivity contribution in [3.05, 3.63) is 59.2 Å². The molecule has 0 amide bonds. The Labute approximate surface area is 124 Å². The fraction of sp³-hybridized carbons (Fsp3) is 0.294. The largest absolute Gasteiger partial charge is 0.497 e. The highest BCUT2D eigenvalue weighted by atomic mass is 19.1. The van der Waals surface area contributed by atoms with E-state index in [-0.39, 0.29) is 11.6 Å². The Bertz CT molecular complexity index is 583. The molecule has 4 heteroatoms. The van der Waals surface area contributed by atoms with Crippen molar-refractivity contribution in [2.75, 3.05) is 13.7 Å². The van der Waals surface area contributed by atoms with E-state index in [1.807, 2.05) is 13.8 Å². The number of methoxy groups -OCH3 is 1. The zero-order chi connectivity index (χ0) is 15.8. The van der Waals surface area contributed by atoms with Crippen LogP contribution in [0, 0.1) is 25.5 Å². The summed E-state index contributed by atoms with van der Waals surface area (Å²) in [5.74, 6) is 0.881. The van der Waals surface area contributed by atoms with Gasteiger partial charge in [0.1, 0.15) is 23.1 Å². The molecule has 0 saturated carbocycles. The van der Waals surface area contributed by atoms with E-state index in [4.69, 9.17) is 9.47 Å². The molecule has 0 bridgehead atoms. The van der Waals surface area contributed by atoms with E-state index >= 15 is 0 Å². The van der Waals surface area contributed by atoms with Crippen LogP contribution >= 0.6 is 0 Å². The molecule has 2 nitrogen and oxygen atoms in total. The van der Waals surface area contributed by atoms with E-state index in [1.54, 1.807) is 32.2 Å². The average molecular weight is 294 g/mol. The second-order valence-electron chi connectivity index (χ2n) is 4.46. The van der Waals surface area contributed by atoms with Gasteiger partial charge in [-0.25, -0.2) is 8.78 Å². The zero-order valence-electron chi connectivity index (χ0n) is 12.7. The Balaban J connectivity index is 0.000000211. The smallest absolute Gasteiger partial charge is 0.126 e. The molecule has 21 heavy (non-hydrogen) atoms. The predicted molar refractivity (Wildman–Crippen MR) is 80.0 cm³/mol. The minimum absolute atomic E-state index is 0.194. The van der Waals surface area contributed by atoms with E-state index in [1.165, 1.54) is 18.2 Å². The zero-order valence-corrected chi connectivity index (χ0v) is 12.7. The molecule has 2 rings (SSSR count). The van der Waals surface area contributed by atoms with E-state index in [0.717, 1.165) is 5.56 Å². The van der Waals surface area contributed by atoms with Crippen molar-refractivity contribution < 1.29 is 18.3 Å². The van der Waals surface area contributed by atoms with Crippen LogP contribution in [-0.2, 0) is 0 Å². The van der Waals surface area contributed by atoms with Crippen LogP contribution < -0.4 is 9.47 Å². The lowest BCUT2D eigenvalue weighted by atomic mass is 10.2. The number of ether oxygens (including phenoxy) is 2. The summed E-state index contributed by atoms with van der Waals surface area (Å²) in [4.78, 5) is 0. The minimum atomic E-state index is -0.251. The lowest BCUT2D eigenvalue weighted by molar-refractivity contribution is 0.336. The van der Waals surface area contributed by atoms with Crippen molar-refractivity contribution in [2.24, 2.45) is 0 Å². The first-order valence-electron chi connectivity index (χ1n) is 6.67. The first-order valence-corrected chi connectivity index (χ1v) is 6.67. The van der Waals surface area contributed by atoms with Crippen LogP contribution in [0.2, 0.25) is 0 Å². The van der Waals surface area contributed by atoms with Gasteiger partial charge in [0.05, 0.1) is 13.7 Å². The van der Waals surface area contributed by atoms with Gasteiger partial charge >= 0.3 is 0 Å². The number of hydrogen-bond donors (Lipinski definition) is 0. The molecule has 0 radical (unpaired) electrons. The fourth-order valence-electron chi connectivity index (χ4n) is 1.63. The average Bonchev–Trinajstić information content (AvgIpc) is 2.47. The van der Waals surface area contributed by atoms with Crippen LogP contribution in [0.25, 0.3) is 0 Å². The van der Waals surface area contributed by atoms with Crippen molar-refractivity contribution in [3.8, 4) is 11.5 Å². The second-order valence-corrected chi connectivity index (χ2v) is 4.46. The third kappa shape index (κ3) is 5.42. The van der Waals surface area contributed by atoms with Crippen molar-refractivity contribution in [2.45, 2.75) is 20.8 Å². The standard InChI is InChI=1S/C9H11FO.C8H9FO/c1-3-11-9-6-8(10)5-4-7(9)2;1-6-5-7(10-2)3-4-8(6)9/h4-6H,3H2,1-2H3;3-5H,1-2H3. The number of hydrogen-bond acceptors (Lipinski definition) is 2. The highest BCUT2D eigenvalue weighted by Crippen LogP contribution is 2.18. The van der Waals surface area contributed by atoms with Gasteiger partial charge in [0.2, 0.25) is 0 Å². The fourth-order valence-corrected chi connectivity index (χ4v) is 1.63. The molecule has 2 aromatic carbocycles. The van der Waals surface area contributed by atoms with Gasteiger partial charge in [0.25, 0.3) is 0 Å². The van der Waals surface area contributed by atoms with Crippen LogP contribution in [0.15, 0.2) is 36.4 Å². The normalized spacial score (nSPS) is 9.62. The Hall–Kier alpha value is -2.10. The van der Waals surface area contributed by atoms with E-state index in [2.05, 4.69) is 0 Å². The van der Waals surface area contributed by atoms with Gasteiger partial charge in [-0.15, -0.1) is 0 Å². The summed E-state index contributed by atoms with van der Waals surface area (Å²) in [5.41, 5.74) is 1.58. The molecule has 0 heterocycles. The maximum absolute atomic E-state index is 12.6. The van der Waals surface area contributed by atoms with Crippen LogP contribution in [0.5, 0.6) is 11.5 Å². The van der Waals surface area contributed by atoms with Crippen LogP contribution in [0.3, 0.4) is 0 Å². The molecule has 0 N–H and O–H groups in total. The third-order valence-corrected chi connectivity index (χ3v) is 2.82. The van der Waals surface area contributed by atoms with Crippen LogP contribution in [0.4, 0.5) is 8.78 Å². The quantitative estimate of drug-likeness (QED) is 0.818. The first kappa shape index (κ1) is 17.0. The summed E-state index contributed by atoms with van der Waals surface area (Å²) >= 11 is 0. The second kappa shape index (κ2) is 8.25. The van der Waals surface area contributed by atoms with Crippen LogP contribution in [0.1, 0.15) is 18.1 Å². The van der Waals surface area contributed by atoms with Crippen molar-refractivity contribution in [3.63, 3.8) is 0 Å². The predicted octanol–water partition coefficient (Wildman–Crippen LogP) is 4.68. The molecule has 0 fully saturated rings.